The fraction of sp³-hybridized carbons (Fsp3) is 0.250. The second-order valence-electron chi connectivity index (χ2n) is 8.63. The van der Waals surface area contributed by atoms with Crippen LogP contribution in [0.4, 0.5) is 0 Å². The van der Waals surface area contributed by atoms with E-state index in [1.54, 1.807) is 7.11 Å². The first kappa shape index (κ1) is 22.4. The number of esters is 1. The molecule has 0 spiro atoms. The highest BCUT2D eigenvalue weighted by Crippen LogP contribution is 2.40. The third-order valence-electron chi connectivity index (χ3n) is 5.33. The molecule has 31 heavy (non-hydrogen) atoms. The Labute approximate surface area is 185 Å². The first-order valence-electron chi connectivity index (χ1n) is 10.5. The van der Waals surface area contributed by atoms with E-state index >= 15 is 0 Å². The predicted molar refractivity (Wildman–Crippen MR) is 126 cm³/mol. The minimum absolute atomic E-state index is 0.0539. The van der Waals surface area contributed by atoms with E-state index in [0.29, 0.717) is 5.75 Å². The minimum Gasteiger partial charge on any atom is -0.497 e. The molecular weight excluding hydrogens is 384 g/mol. The zero-order valence-electron chi connectivity index (χ0n) is 18.7. The summed E-state index contributed by atoms with van der Waals surface area (Å²) in [6.45, 7) is 9.67. The third-order valence-corrected chi connectivity index (χ3v) is 5.33. The van der Waals surface area contributed by atoms with Crippen LogP contribution in [-0.4, -0.2) is 13.1 Å². The number of allylic oxidation sites excluding steroid dienone is 1. The number of carbonyl (C=O) groups is 1. The molecule has 2 unspecified atom stereocenters. The molecular formula is C28H30O3. The van der Waals surface area contributed by atoms with Gasteiger partial charge in [-0.3, -0.25) is 4.79 Å². The Bertz CT molecular complexity index is 997. The lowest BCUT2D eigenvalue weighted by Gasteiger charge is -2.27. The Morgan fingerprint density at radius 2 is 1.32 bits per heavy atom. The van der Waals surface area contributed by atoms with E-state index in [-0.39, 0.29) is 17.8 Å². The number of methoxy groups -OCH3 is 1. The lowest BCUT2D eigenvalue weighted by molar-refractivity contribution is -0.142. The van der Waals surface area contributed by atoms with E-state index in [1.165, 1.54) is 5.56 Å². The molecule has 3 aromatic rings. The van der Waals surface area contributed by atoms with Crippen LogP contribution in [0.25, 0.3) is 0 Å². The molecule has 0 aliphatic heterocycles. The highest BCUT2D eigenvalue weighted by Gasteiger charge is 2.26. The summed E-state index contributed by atoms with van der Waals surface area (Å²) in [7, 11) is 1.67. The molecule has 3 aromatic carbocycles. The number of rotatable bonds is 7. The maximum Gasteiger partial charge on any atom is 0.316 e. The van der Waals surface area contributed by atoms with Gasteiger partial charge in [0.05, 0.1) is 12.5 Å². The van der Waals surface area contributed by atoms with Crippen molar-refractivity contribution < 1.29 is 14.3 Å². The standard InChI is InChI=1S/C28H30O3/c1-6-25(20-10-8-7-9-11-20)26(21-12-16-23(30-5)17-13-21)22-14-18-24(19-15-22)31-27(29)28(2,3)4/h6-19,25-26H,1H2,2-5H3. The molecule has 3 nitrogen and oxygen atoms in total. The van der Waals surface area contributed by atoms with Crippen LogP contribution in [0.5, 0.6) is 11.5 Å². The van der Waals surface area contributed by atoms with Crippen LogP contribution >= 0.6 is 0 Å². The molecule has 0 aromatic heterocycles. The second kappa shape index (κ2) is 9.65. The molecule has 0 saturated carbocycles. The van der Waals surface area contributed by atoms with Gasteiger partial charge in [-0.25, -0.2) is 0 Å². The average molecular weight is 415 g/mol. The number of hydrogen-bond acceptors (Lipinski definition) is 3. The molecule has 0 N–H and O–H groups in total. The topological polar surface area (TPSA) is 35.5 Å². The Kier molecular flexibility index (Phi) is 6.96. The fourth-order valence-electron chi connectivity index (χ4n) is 3.56. The molecule has 0 radical (unpaired) electrons. The summed E-state index contributed by atoms with van der Waals surface area (Å²) in [6, 6.07) is 26.3. The van der Waals surface area contributed by atoms with E-state index in [1.807, 2.05) is 81.4 Å². The van der Waals surface area contributed by atoms with Gasteiger partial charge in [0.1, 0.15) is 11.5 Å². The SMILES string of the molecule is C=CC(c1ccccc1)C(c1ccc(OC)cc1)c1ccc(OC(=O)C(C)(C)C)cc1. The summed E-state index contributed by atoms with van der Waals surface area (Å²) in [6.07, 6.45) is 2.00. The summed E-state index contributed by atoms with van der Waals surface area (Å²) < 4.78 is 10.9. The van der Waals surface area contributed by atoms with Crippen molar-refractivity contribution in [2.24, 2.45) is 5.41 Å². The van der Waals surface area contributed by atoms with E-state index in [9.17, 15) is 4.79 Å². The van der Waals surface area contributed by atoms with Crippen LogP contribution in [-0.2, 0) is 4.79 Å². The number of carbonyl (C=O) groups excluding carboxylic acids is 1. The van der Waals surface area contributed by atoms with Gasteiger partial charge < -0.3 is 9.47 Å². The van der Waals surface area contributed by atoms with Crippen LogP contribution in [0, 0.1) is 5.41 Å². The summed E-state index contributed by atoms with van der Waals surface area (Å²) in [5.41, 5.74) is 2.93. The minimum atomic E-state index is -0.550. The second-order valence-corrected chi connectivity index (χ2v) is 8.63. The van der Waals surface area contributed by atoms with E-state index in [2.05, 4.69) is 30.8 Å². The van der Waals surface area contributed by atoms with Gasteiger partial charge in [-0.05, 0) is 61.7 Å². The Morgan fingerprint density at radius 1 is 0.806 bits per heavy atom. The zero-order chi connectivity index (χ0) is 22.4. The van der Waals surface area contributed by atoms with Crippen molar-refractivity contribution in [1.82, 2.24) is 0 Å². The molecule has 0 aliphatic carbocycles. The molecule has 3 rings (SSSR count). The van der Waals surface area contributed by atoms with Crippen LogP contribution in [0.3, 0.4) is 0 Å². The van der Waals surface area contributed by atoms with Gasteiger partial charge >= 0.3 is 5.97 Å². The van der Waals surface area contributed by atoms with Gasteiger partial charge in [0.2, 0.25) is 0 Å². The number of ether oxygens (including phenoxy) is 2. The molecule has 0 saturated heterocycles. The molecule has 0 aliphatic rings. The molecule has 0 bridgehead atoms. The first-order chi connectivity index (χ1) is 14.8. The van der Waals surface area contributed by atoms with Crippen molar-refractivity contribution in [3.05, 3.63) is 108 Å². The maximum absolute atomic E-state index is 12.2. The van der Waals surface area contributed by atoms with Gasteiger partial charge in [-0.15, -0.1) is 6.58 Å². The van der Waals surface area contributed by atoms with Crippen LogP contribution < -0.4 is 9.47 Å². The van der Waals surface area contributed by atoms with Gasteiger partial charge in [0, 0.05) is 11.8 Å². The normalized spacial score (nSPS) is 13.2. The smallest absolute Gasteiger partial charge is 0.316 e. The summed E-state index contributed by atoms with van der Waals surface area (Å²) >= 11 is 0. The van der Waals surface area contributed by atoms with Gasteiger partial charge in [-0.1, -0.05) is 60.7 Å². The van der Waals surface area contributed by atoms with Crippen molar-refractivity contribution >= 4 is 5.97 Å². The van der Waals surface area contributed by atoms with Gasteiger partial charge in [-0.2, -0.15) is 0 Å². The van der Waals surface area contributed by atoms with Gasteiger partial charge in [0.25, 0.3) is 0 Å². The Balaban J connectivity index is 1.99. The van der Waals surface area contributed by atoms with Crippen LogP contribution in [0.15, 0.2) is 91.5 Å². The lowest BCUT2D eigenvalue weighted by Crippen LogP contribution is -2.25. The maximum atomic E-state index is 12.2. The summed E-state index contributed by atoms with van der Waals surface area (Å²) in [5, 5.41) is 0. The van der Waals surface area contributed by atoms with Crippen molar-refractivity contribution in [1.29, 1.82) is 0 Å². The molecule has 0 fully saturated rings. The highest BCUT2D eigenvalue weighted by atomic mass is 16.5. The van der Waals surface area contributed by atoms with Crippen molar-refractivity contribution in [2.75, 3.05) is 7.11 Å². The predicted octanol–water partition coefficient (Wildman–Crippen LogP) is 6.75. The van der Waals surface area contributed by atoms with Crippen molar-refractivity contribution in [2.45, 2.75) is 32.6 Å². The zero-order valence-corrected chi connectivity index (χ0v) is 18.7. The van der Waals surface area contributed by atoms with Crippen molar-refractivity contribution in [3.8, 4) is 11.5 Å². The Hall–Kier alpha value is -3.33. The quantitative estimate of drug-likeness (QED) is 0.244. The summed E-state index contributed by atoms with van der Waals surface area (Å²) in [5.74, 6) is 1.25. The molecule has 0 heterocycles. The van der Waals surface area contributed by atoms with Crippen molar-refractivity contribution in [3.63, 3.8) is 0 Å². The molecule has 3 heteroatoms. The monoisotopic (exact) mass is 414 g/mol. The van der Waals surface area contributed by atoms with E-state index < -0.39 is 5.41 Å². The molecule has 160 valence electrons. The van der Waals surface area contributed by atoms with Crippen LogP contribution in [0.2, 0.25) is 0 Å². The van der Waals surface area contributed by atoms with E-state index in [4.69, 9.17) is 9.47 Å². The lowest BCUT2D eigenvalue weighted by atomic mass is 9.77. The number of hydrogen-bond donors (Lipinski definition) is 0. The van der Waals surface area contributed by atoms with E-state index in [0.717, 1.165) is 16.9 Å². The fourth-order valence-corrected chi connectivity index (χ4v) is 3.56. The highest BCUT2D eigenvalue weighted by molar-refractivity contribution is 5.77. The molecule has 0 amide bonds. The first-order valence-corrected chi connectivity index (χ1v) is 10.5. The molecule has 2 atom stereocenters. The van der Waals surface area contributed by atoms with Crippen LogP contribution in [0.1, 0.15) is 49.3 Å². The largest absolute Gasteiger partial charge is 0.497 e. The summed E-state index contributed by atoms with van der Waals surface area (Å²) in [4.78, 5) is 12.2. The number of benzene rings is 3. The van der Waals surface area contributed by atoms with Gasteiger partial charge in [0.15, 0.2) is 0 Å². The third kappa shape index (κ3) is 5.43. The average Bonchev–Trinajstić information content (AvgIpc) is 2.78. The Morgan fingerprint density at radius 3 is 1.77 bits per heavy atom.